The molecule has 1 fully saturated rings. The largest absolute Gasteiger partial charge is 0.311 e. The molecule has 0 spiro atoms. The van der Waals surface area contributed by atoms with E-state index in [1.165, 1.54) is 19.4 Å². The van der Waals surface area contributed by atoms with E-state index in [2.05, 4.69) is 31.0 Å². The van der Waals surface area contributed by atoms with Crippen LogP contribution in [0.5, 0.6) is 0 Å². The Labute approximate surface area is 80.9 Å². The number of hydrogen-bond acceptors (Lipinski definition) is 1. The summed E-state index contributed by atoms with van der Waals surface area (Å²) in [4.78, 5) is 0. The van der Waals surface area contributed by atoms with Crippen LogP contribution in [0.25, 0.3) is 0 Å². The quantitative estimate of drug-likeness (QED) is 0.650. The van der Waals surface area contributed by atoms with Crippen molar-refractivity contribution < 1.29 is 0 Å². The van der Waals surface area contributed by atoms with Gasteiger partial charge in [0, 0.05) is 6.04 Å². The minimum absolute atomic E-state index is 0.461. The average molecular weight is 177 g/mol. The van der Waals surface area contributed by atoms with Gasteiger partial charge in [-0.15, -0.1) is 6.58 Å². The van der Waals surface area contributed by atoms with Crippen LogP contribution in [-0.2, 0) is 0 Å². The van der Waals surface area contributed by atoms with Gasteiger partial charge in [-0.3, -0.25) is 0 Å². The highest BCUT2D eigenvalue weighted by molar-refractivity contribution is 5.10. The Morgan fingerprint density at radius 1 is 1.54 bits per heavy atom. The molecule has 1 heteroatoms. The average Bonchev–Trinajstić information content (AvgIpc) is 2.74. The summed E-state index contributed by atoms with van der Waals surface area (Å²) in [7, 11) is 0. The Hall–Kier alpha value is -0.560. The predicted octanol–water partition coefficient (Wildman–Crippen LogP) is 2.36. The first-order valence-corrected chi connectivity index (χ1v) is 5.34. The zero-order valence-electron chi connectivity index (χ0n) is 8.37. The van der Waals surface area contributed by atoms with Crippen molar-refractivity contribution in [1.29, 1.82) is 0 Å². The molecule has 2 aliphatic carbocycles. The van der Waals surface area contributed by atoms with Crippen molar-refractivity contribution in [1.82, 2.24) is 5.32 Å². The summed E-state index contributed by atoms with van der Waals surface area (Å²) in [6, 6.07) is 0.461. The van der Waals surface area contributed by atoms with Gasteiger partial charge >= 0.3 is 0 Å². The van der Waals surface area contributed by atoms with Crippen molar-refractivity contribution in [3.8, 4) is 0 Å². The monoisotopic (exact) mass is 177 g/mol. The van der Waals surface area contributed by atoms with Crippen LogP contribution in [-0.4, -0.2) is 12.6 Å². The number of rotatable bonds is 4. The van der Waals surface area contributed by atoms with Gasteiger partial charge in [0.2, 0.25) is 0 Å². The van der Waals surface area contributed by atoms with E-state index in [-0.39, 0.29) is 0 Å². The minimum atomic E-state index is 0.461. The fraction of sp³-hybridized carbons (Fsp3) is 0.667. The van der Waals surface area contributed by atoms with Gasteiger partial charge in [-0.2, -0.15) is 0 Å². The Balaban J connectivity index is 1.77. The first kappa shape index (κ1) is 9.01. The summed E-state index contributed by atoms with van der Waals surface area (Å²) >= 11 is 0. The van der Waals surface area contributed by atoms with E-state index < -0.39 is 0 Å². The third-order valence-electron chi connectivity index (χ3n) is 3.47. The molecule has 1 nitrogen and oxygen atoms in total. The van der Waals surface area contributed by atoms with E-state index in [9.17, 15) is 0 Å². The lowest BCUT2D eigenvalue weighted by molar-refractivity contribution is 0.405. The van der Waals surface area contributed by atoms with Crippen molar-refractivity contribution in [2.45, 2.75) is 25.8 Å². The first-order chi connectivity index (χ1) is 6.29. The molecule has 0 aliphatic heterocycles. The molecular weight excluding hydrogens is 158 g/mol. The van der Waals surface area contributed by atoms with Gasteiger partial charge in [-0.1, -0.05) is 18.2 Å². The smallest absolute Gasteiger partial charge is 0.0219 e. The molecule has 0 amide bonds. The van der Waals surface area contributed by atoms with Gasteiger partial charge in [0.25, 0.3) is 0 Å². The molecule has 2 bridgehead atoms. The Morgan fingerprint density at radius 2 is 2.38 bits per heavy atom. The van der Waals surface area contributed by atoms with Crippen molar-refractivity contribution in [3.63, 3.8) is 0 Å². The van der Waals surface area contributed by atoms with Crippen LogP contribution in [0.1, 0.15) is 19.8 Å². The fourth-order valence-electron chi connectivity index (χ4n) is 2.55. The minimum Gasteiger partial charge on any atom is -0.311 e. The molecule has 13 heavy (non-hydrogen) atoms. The van der Waals surface area contributed by atoms with Crippen molar-refractivity contribution >= 4 is 0 Å². The van der Waals surface area contributed by atoms with Gasteiger partial charge in [0.15, 0.2) is 0 Å². The van der Waals surface area contributed by atoms with Gasteiger partial charge in [-0.25, -0.2) is 0 Å². The normalized spacial score (nSPS) is 38.1. The number of fused-ring (bicyclic) bond motifs is 2. The summed E-state index contributed by atoms with van der Waals surface area (Å²) in [6.45, 7) is 7.11. The molecular formula is C12H19N. The van der Waals surface area contributed by atoms with Crippen molar-refractivity contribution in [2.75, 3.05) is 6.54 Å². The number of allylic oxidation sites excluding steroid dienone is 2. The molecule has 0 aromatic heterocycles. The highest BCUT2D eigenvalue weighted by Crippen LogP contribution is 2.42. The summed E-state index contributed by atoms with van der Waals surface area (Å²) in [5.41, 5.74) is 0. The zero-order valence-corrected chi connectivity index (χ0v) is 8.37. The molecule has 0 radical (unpaired) electrons. The summed E-state index contributed by atoms with van der Waals surface area (Å²) < 4.78 is 0. The highest BCUT2D eigenvalue weighted by atomic mass is 14.9. The van der Waals surface area contributed by atoms with E-state index in [0.29, 0.717) is 6.04 Å². The van der Waals surface area contributed by atoms with Gasteiger partial charge in [0.1, 0.15) is 0 Å². The SMILES string of the molecule is C=CC(C)NCC1CC2C=CC1C2. The van der Waals surface area contributed by atoms with Gasteiger partial charge < -0.3 is 5.32 Å². The molecule has 0 aromatic carbocycles. The fourth-order valence-corrected chi connectivity index (χ4v) is 2.55. The van der Waals surface area contributed by atoms with Crippen LogP contribution in [0.4, 0.5) is 0 Å². The molecule has 0 heterocycles. The van der Waals surface area contributed by atoms with Crippen molar-refractivity contribution in [2.24, 2.45) is 17.8 Å². The Bertz CT molecular complexity index is 219. The topological polar surface area (TPSA) is 12.0 Å². The summed E-state index contributed by atoms with van der Waals surface area (Å²) in [6.07, 6.45) is 9.60. The number of hydrogen-bond donors (Lipinski definition) is 1. The molecule has 4 atom stereocenters. The third-order valence-corrected chi connectivity index (χ3v) is 3.47. The van der Waals surface area contributed by atoms with Crippen LogP contribution < -0.4 is 5.32 Å². The zero-order chi connectivity index (χ0) is 9.26. The highest BCUT2D eigenvalue weighted by Gasteiger charge is 2.35. The molecule has 4 unspecified atom stereocenters. The van der Waals surface area contributed by atoms with Crippen molar-refractivity contribution in [3.05, 3.63) is 24.8 Å². The maximum atomic E-state index is 3.78. The second kappa shape index (κ2) is 3.67. The van der Waals surface area contributed by atoms with Crippen LogP contribution in [0, 0.1) is 17.8 Å². The van der Waals surface area contributed by atoms with Gasteiger partial charge in [-0.05, 0) is 44.1 Å². The van der Waals surface area contributed by atoms with E-state index in [1.54, 1.807) is 0 Å². The summed E-state index contributed by atoms with van der Waals surface area (Å²) in [5, 5.41) is 3.51. The third kappa shape index (κ3) is 1.86. The number of nitrogens with one attached hydrogen (secondary N) is 1. The van der Waals surface area contributed by atoms with Crippen LogP contribution in [0.15, 0.2) is 24.8 Å². The van der Waals surface area contributed by atoms with E-state index >= 15 is 0 Å². The maximum absolute atomic E-state index is 3.78. The molecule has 0 aromatic rings. The summed E-state index contributed by atoms with van der Waals surface area (Å²) in [5.74, 6) is 2.66. The molecule has 0 saturated heterocycles. The molecule has 1 saturated carbocycles. The Kier molecular flexibility index (Phi) is 2.54. The molecule has 2 rings (SSSR count). The standard InChI is InChI=1S/C12H19N/c1-3-9(2)13-8-12-7-10-4-5-11(12)6-10/h3-5,9-13H,1,6-8H2,2H3. The Morgan fingerprint density at radius 3 is 2.92 bits per heavy atom. The first-order valence-electron chi connectivity index (χ1n) is 5.34. The van der Waals surface area contributed by atoms with Crippen LogP contribution in [0.3, 0.4) is 0 Å². The van der Waals surface area contributed by atoms with Gasteiger partial charge in [0.05, 0.1) is 0 Å². The predicted molar refractivity (Wildman–Crippen MR) is 56.5 cm³/mol. The lowest BCUT2D eigenvalue weighted by Gasteiger charge is -2.20. The van der Waals surface area contributed by atoms with E-state index in [4.69, 9.17) is 0 Å². The molecule has 1 N–H and O–H groups in total. The molecule has 72 valence electrons. The molecule has 2 aliphatic rings. The van der Waals surface area contributed by atoms with Crippen LogP contribution >= 0.6 is 0 Å². The van der Waals surface area contributed by atoms with E-state index in [1.807, 2.05) is 6.08 Å². The lowest BCUT2D eigenvalue weighted by atomic mass is 9.93. The maximum Gasteiger partial charge on any atom is 0.0219 e. The van der Waals surface area contributed by atoms with Crippen LogP contribution in [0.2, 0.25) is 0 Å². The second-order valence-electron chi connectivity index (χ2n) is 4.47. The van der Waals surface area contributed by atoms with E-state index in [0.717, 1.165) is 17.8 Å². The second-order valence-corrected chi connectivity index (χ2v) is 4.47. The lowest BCUT2D eigenvalue weighted by Crippen LogP contribution is -2.31.